The predicted molar refractivity (Wildman–Crippen MR) is 82.6 cm³/mol. The number of ether oxygens (including phenoxy) is 2. The van der Waals surface area contributed by atoms with Crippen LogP contribution in [0.5, 0.6) is 5.75 Å². The van der Waals surface area contributed by atoms with Gasteiger partial charge in [-0.1, -0.05) is 31.5 Å². The Morgan fingerprint density at radius 1 is 1.08 bits per heavy atom. The zero-order valence-electron chi connectivity index (χ0n) is 13.4. The highest BCUT2D eigenvalue weighted by Crippen LogP contribution is 2.23. The summed E-state index contributed by atoms with van der Waals surface area (Å²) < 4.78 is 58.3. The summed E-state index contributed by atoms with van der Waals surface area (Å²) in [6, 6.07) is 9.95. The van der Waals surface area contributed by atoms with Gasteiger partial charge in [0, 0.05) is 11.6 Å². The zero-order valence-corrected chi connectivity index (χ0v) is 13.4. The largest absolute Gasteiger partial charge is 0.522 e. The molecule has 0 saturated carbocycles. The Morgan fingerprint density at radius 2 is 1.76 bits per heavy atom. The predicted octanol–water partition coefficient (Wildman–Crippen LogP) is 5.03. The van der Waals surface area contributed by atoms with E-state index in [0.29, 0.717) is 5.56 Å². The molecular weight excluding hydrogens is 340 g/mol. The van der Waals surface area contributed by atoms with Gasteiger partial charge in [0.2, 0.25) is 0 Å². The Balaban J connectivity index is 2.02. The molecule has 0 aliphatic heterocycles. The van der Waals surface area contributed by atoms with E-state index in [1.54, 1.807) is 24.3 Å². The van der Waals surface area contributed by atoms with Crippen molar-refractivity contribution in [2.24, 2.45) is 0 Å². The average molecular weight is 356 g/mol. The van der Waals surface area contributed by atoms with Crippen molar-refractivity contribution in [3.05, 3.63) is 65.0 Å². The lowest BCUT2D eigenvalue weighted by Gasteiger charge is -2.10. The van der Waals surface area contributed by atoms with Gasteiger partial charge in [-0.25, -0.2) is 9.18 Å². The lowest BCUT2D eigenvalue weighted by atomic mass is 10.1. The number of hydrogen-bond acceptors (Lipinski definition) is 3. The van der Waals surface area contributed by atoms with Gasteiger partial charge < -0.3 is 4.74 Å². The number of benzene rings is 2. The van der Waals surface area contributed by atoms with Crippen molar-refractivity contribution in [3.63, 3.8) is 0 Å². The second kappa shape index (κ2) is 8.11. The molecule has 0 spiro atoms. The molecule has 2 rings (SSSR count). The van der Waals surface area contributed by atoms with Crippen LogP contribution in [0, 0.1) is 5.82 Å². The summed E-state index contributed by atoms with van der Waals surface area (Å²) in [5.74, 6) is -1.73. The molecule has 0 fully saturated rings. The minimum atomic E-state index is -4.85. The lowest BCUT2D eigenvalue weighted by Crippen LogP contribution is -2.13. The van der Waals surface area contributed by atoms with Gasteiger partial charge in [-0.3, -0.25) is 4.74 Å². The van der Waals surface area contributed by atoms with E-state index in [1.807, 2.05) is 6.92 Å². The summed E-state index contributed by atoms with van der Waals surface area (Å²) >= 11 is 0. The van der Waals surface area contributed by atoms with Gasteiger partial charge in [-0.15, -0.1) is 13.2 Å². The molecule has 0 amide bonds. The van der Waals surface area contributed by atoms with Gasteiger partial charge in [-0.2, -0.15) is 0 Å². The van der Waals surface area contributed by atoms with Crippen molar-refractivity contribution in [2.75, 3.05) is 0 Å². The van der Waals surface area contributed by atoms with Crippen LogP contribution in [0.4, 0.5) is 17.6 Å². The molecule has 7 heteroatoms. The fourth-order valence-corrected chi connectivity index (χ4v) is 2.13. The van der Waals surface area contributed by atoms with Gasteiger partial charge >= 0.3 is 12.3 Å². The molecule has 0 bridgehead atoms. The third-order valence-corrected chi connectivity index (χ3v) is 3.35. The molecule has 134 valence electrons. The van der Waals surface area contributed by atoms with E-state index in [9.17, 15) is 22.4 Å². The van der Waals surface area contributed by atoms with Crippen molar-refractivity contribution < 1.29 is 31.8 Å². The molecule has 0 aliphatic rings. The first-order chi connectivity index (χ1) is 11.8. The topological polar surface area (TPSA) is 35.5 Å². The molecule has 0 saturated heterocycles. The molecule has 0 heterocycles. The summed E-state index contributed by atoms with van der Waals surface area (Å²) in [4.78, 5) is 12.0. The highest BCUT2D eigenvalue weighted by Gasteiger charge is 2.29. The fraction of sp³-hybridized carbons (Fsp3) is 0.278. The van der Waals surface area contributed by atoms with E-state index in [2.05, 4.69) is 4.74 Å². The number of carbonyl (C=O) groups excluding carboxylic acids is 1. The maximum absolute atomic E-state index is 13.8. The maximum Gasteiger partial charge on any atom is 0.522 e. The Labute approximate surface area is 142 Å². The third-order valence-electron chi connectivity index (χ3n) is 3.35. The Hall–Kier alpha value is -2.41. The number of esters is 1. The minimum absolute atomic E-state index is 0.101. The maximum atomic E-state index is 13.8. The zero-order chi connectivity index (χ0) is 18.4. The summed E-state index contributed by atoms with van der Waals surface area (Å²) in [5.41, 5.74) is 1.09. The van der Waals surface area contributed by atoms with Crippen LogP contribution < -0.4 is 4.74 Å². The van der Waals surface area contributed by atoms with Gasteiger partial charge in [0.05, 0.1) is 12.2 Å². The van der Waals surface area contributed by atoms with Crippen LogP contribution in [0.2, 0.25) is 0 Å². The van der Waals surface area contributed by atoms with Gasteiger partial charge in [0.25, 0.3) is 0 Å². The van der Waals surface area contributed by atoms with Crippen molar-refractivity contribution in [2.45, 2.75) is 32.7 Å². The second-order valence-corrected chi connectivity index (χ2v) is 5.32. The SMILES string of the molecule is CCCc1ccc(C(=O)Oc2ccc(COC(F)(F)F)c(F)c2)cc1. The summed E-state index contributed by atoms with van der Waals surface area (Å²) in [5, 5.41) is 0. The molecule has 2 aromatic carbocycles. The summed E-state index contributed by atoms with van der Waals surface area (Å²) in [7, 11) is 0. The van der Waals surface area contributed by atoms with E-state index < -0.39 is 24.8 Å². The highest BCUT2D eigenvalue weighted by atomic mass is 19.4. The average Bonchev–Trinajstić information content (AvgIpc) is 2.54. The van der Waals surface area contributed by atoms with E-state index >= 15 is 0 Å². The number of aryl methyl sites for hydroxylation is 1. The number of alkyl halides is 3. The molecular formula is C18H16F4O3. The van der Waals surface area contributed by atoms with Crippen LogP contribution in [-0.2, 0) is 17.8 Å². The van der Waals surface area contributed by atoms with Gasteiger partial charge in [0.1, 0.15) is 11.6 Å². The van der Waals surface area contributed by atoms with Crippen LogP contribution >= 0.6 is 0 Å². The molecule has 0 aliphatic carbocycles. The Bertz CT molecular complexity index is 724. The number of carbonyl (C=O) groups is 1. The first-order valence-electron chi connectivity index (χ1n) is 7.58. The first-order valence-corrected chi connectivity index (χ1v) is 7.58. The molecule has 0 N–H and O–H groups in total. The van der Waals surface area contributed by atoms with Crippen molar-refractivity contribution in [1.82, 2.24) is 0 Å². The van der Waals surface area contributed by atoms with Crippen LogP contribution in [0.3, 0.4) is 0 Å². The molecule has 25 heavy (non-hydrogen) atoms. The molecule has 0 aromatic heterocycles. The number of halogens is 4. The van der Waals surface area contributed by atoms with Gasteiger partial charge in [0.15, 0.2) is 0 Å². The minimum Gasteiger partial charge on any atom is -0.423 e. The Morgan fingerprint density at radius 3 is 2.32 bits per heavy atom. The van der Waals surface area contributed by atoms with E-state index in [0.717, 1.165) is 30.5 Å². The molecule has 3 nitrogen and oxygen atoms in total. The number of hydrogen-bond donors (Lipinski definition) is 0. The molecule has 0 atom stereocenters. The smallest absolute Gasteiger partial charge is 0.423 e. The van der Waals surface area contributed by atoms with Crippen molar-refractivity contribution in [1.29, 1.82) is 0 Å². The number of rotatable bonds is 6. The van der Waals surface area contributed by atoms with E-state index in [-0.39, 0.29) is 11.3 Å². The van der Waals surface area contributed by atoms with Crippen LogP contribution in [0.15, 0.2) is 42.5 Å². The van der Waals surface area contributed by atoms with Crippen LogP contribution in [-0.4, -0.2) is 12.3 Å². The molecule has 2 aromatic rings. The molecule has 0 radical (unpaired) electrons. The monoisotopic (exact) mass is 356 g/mol. The summed E-state index contributed by atoms with van der Waals surface area (Å²) in [6.07, 6.45) is -2.98. The fourth-order valence-electron chi connectivity index (χ4n) is 2.13. The lowest BCUT2D eigenvalue weighted by molar-refractivity contribution is -0.330. The van der Waals surface area contributed by atoms with Crippen molar-refractivity contribution >= 4 is 5.97 Å². The standard InChI is InChI=1S/C18H16F4O3/c1-2-3-12-4-6-13(7-5-12)17(23)25-15-9-8-14(16(19)10-15)11-24-18(20,21)22/h4-10H,2-3,11H2,1H3. The quantitative estimate of drug-likeness (QED) is 0.414. The highest BCUT2D eigenvalue weighted by molar-refractivity contribution is 5.91. The van der Waals surface area contributed by atoms with Crippen LogP contribution in [0.25, 0.3) is 0 Å². The van der Waals surface area contributed by atoms with Crippen molar-refractivity contribution in [3.8, 4) is 5.75 Å². The Kier molecular flexibility index (Phi) is 6.14. The first kappa shape index (κ1) is 18.9. The van der Waals surface area contributed by atoms with E-state index in [1.165, 1.54) is 6.07 Å². The molecule has 0 unspecified atom stereocenters. The third kappa shape index (κ3) is 5.86. The van der Waals surface area contributed by atoms with E-state index in [4.69, 9.17) is 4.74 Å². The second-order valence-electron chi connectivity index (χ2n) is 5.32. The normalized spacial score (nSPS) is 11.4. The summed E-state index contributed by atoms with van der Waals surface area (Å²) in [6.45, 7) is 1.09. The van der Waals surface area contributed by atoms with Crippen LogP contribution in [0.1, 0.15) is 34.8 Å². The van der Waals surface area contributed by atoms with Gasteiger partial charge in [-0.05, 0) is 30.2 Å².